The van der Waals surface area contributed by atoms with Gasteiger partial charge in [-0.15, -0.1) is 0 Å². The number of aromatic nitrogens is 2. The molecular formula is C9H14N2O3S. The Morgan fingerprint density at radius 3 is 2.80 bits per heavy atom. The van der Waals surface area contributed by atoms with Crippen molar-refractivity contribution in [1.29, 1.82) is 0 Å². The summed E-state index contributed by atoms with van der Waals surface area (Å²) >= 11 is 0.993. The largest absolute Gasteiger partial charge is 0.389 e. The Morgan fingerprint density at radius 1 is 1.67 bits per heavy atom. The van der Waals surface area contributed by atoms with E-state index in [1.165, 1.54) is 13.1 Å². The third-order valence-corrected chi connectivity index (χ3v) is 2.80. The molecule has 0 spiro atoms. The average molecular weight is 230 g/mol. The van der Waals surface area contributed by atoms with Gasteiger partial charge < -0.3 is 10.2 Å². The Kier molecular flexibility index (Phi) is 4.31. The van der Waals surface area contributed by atoms with Crippen LogP contribution in [0, 0.1) is 0 Å². The molecule has 2 unspecified atom stereocenters. The first-order valence-corrected chi connectivity index (χ1v) is 5.47. The summed E-state index contributed by atoms with van der Waals surface area (Å²) < 4.78 is 1.55. The number of aliphatic hydroxyl groups excluding tert-OH is 2. The van der Waals surface area contributed by atoms with Crippen molar-refractivity contribution in [1.82, 2.24) is 9.78 Å². The smallest absolute Gasteiger partial charge is 0.185 e. The van der Waals surface area contributed by atoms with E-state index in [-0.39, 0.29) is 10.9 Å². The van der Waals surface area contributed by atoms with Gasteiger partial charge >= 0.3 is 0 Å². The van der Waals surface area contributed by atoms with Gasteiger partial charge in [0.15, 0.2) is 5.12 Å². The van der Waals surface area contributed by atoms with E-state index < -0.39 is 12.2 Å². The van der Waals surface area contributed by atoms with Gasteiger partial charge in [0.1, 0.15) is 6.10 Å². The zero-order valence-corrected chi connectivity index (χ0v) is 9.44. The van der Waals surface area contributed by atoms with Gasteiger partial charge in [0.2, 0.25) is 0 Å². The first-order valence-electron chi connectivity index (χ1n) is 4.48. The van der Waals surface area contributed by atoms with Crippen LogP contribution in [0.3, 0.4) is 0 Å². The monoisotopic (exact) mass is 230 g/mol. The van der Waals surface area contributed by atoms with E-state index >= 15 is 0 Å². The second-order valence-electron chi connectivity index (χ2n) is 3.26. The van der Waals surface area contributed by atoms with Gasteiger partial charge in [-0.05, 0) is 0 Å². The van der Waals surface area contributed by atoms with Gasteiger partial charge in [-0.2, -0.15) is 5.10 Å². The van der Waals surface area contributed by atoms with Crippen molar-refractivity contribution in [3.63, 3.8) is 0 Å². The minimum atomic E-state index is -0.995. The number of thioether (sulfide) groups is 1. The van der Waals surface area contributed by atoms with Gasteiger partial charge in [0.25, 0.3) is 0 Å². The van der Waals surface area contributed by atoms with Crippen LogP contribution in [0.2, 0.25) is 0 Å². The van der Waals surface area contributed by atoms with E-state index in [1.807, 2.05) is 0 Å². The van der Waals surface area contributed by atoms with Gasteiger partial charge in [-0.25, -0.2) is 0 Å². The maximum absolute atomic E-state index is 10.7. The van der Waals surface area contributed by atoms with E-state index in [0.29, 0.717) is 5.56 Å². The summed E-state index contributed by atoms with van der Waals surface area (Å²) in [4.78, 5) is 10.7. The predicted molar refractivity (Wildman–Crippen MR) is 57.3 cm³/mol. The summed E-state index contributed by atoms with van der Waals surface area (Å²) in [6.45, 7) is 1.42. The molecular weight excluding hydrogens is 216 g/mol. The van der Waals surface area contributed by atoms with Gasteiger partial charge in [-0.1, -0.05) is 11.8 Å². The van der Waals surface area contributed by atoms with Crippen LogP contribution >= 0.6 is 11.8 Å². The number of carbonyl (C=O) groups excluding carboxylic acids is 1. The normalized spacial score (nSPS) is 14.9. The second-order valence-corrected chi connectivity index (χ2v) is 4.46. The van der Waals surface area contributed by atoms with Crippen LogP contribution in [0.4, 0.5) is 0 Å². The maximum atomic E-state index is 10.7. The second kappa shape index (κ2) is 5.29. The molecule has 0 aliphatic heterocycles. The highest BCUT2D eigenvalue weighted by atomic mass is 32.2. The molecule has 0 radical (unpaired) electrons. The van der Waals surface area contributed by atoms with E-state index in [1.54, 1.807) is 17.9 Å². The summed E-state index contributed by atoms with van der Waals surface area (Å²) in [5, 5.41) is 23.1. The molecule has 1 heterocycles. The molecule has 6 heteroatoms. The van der Waals surface area contributed by atoms with Crippen molar-refractivity contribution < 1.29 is 15.0 Å². The third kappa shape index (κ3) is 3.65. The Balaban J connectivity index is 2.52. The fourth-order valence-electron chi connectivity index (χ4n) is 1.11. The summed E-state index contributed by atoms with van der Waals surface area (Å²) in [6, 6.07) is 0. The zero-order chi connectivity index (χ0) is 11.4. The molecule has 0 fully saturated rings. The lowest BCUT2D eigenvalue weighted by Gasteiger charge is -2.14. The molecule has 84 valence electrons. The van der Waals surface area contributed by atoms with E-state index in [0.717, 1.165) is 11.8 Å². The van der Waals surface area contributed by atoms with Crippen molar-refractivity contribution in [2.45, 2.75) is 19.1 Å². The molecule has 0 saturated heterocycles. The Labute approximate surface area is 92.1 Å². The van der Waals surface area contributed by atoms with Crippen LogP contribution in [-0.4, -0.2) is 37.0 Å². The van der Waals surface area contributed by atoms with Gasteiger partial charge in [0, 0.05) is 31.5 Å². The molecule has 0 saturated carbocycles. The van der Waals surface area contributed by atoms with Gasteiger partial charge in [-0.3, -0.25) is 9.48 Å². The van der Waals surface area contributed by atoms with Crippen LogP contribution in [0.25, 0.3) is 0 Å². The summed E-state index contributed by atoms with van der Waals surface area (Å²) in [5.74, 6) is 0.186. The third-order valence-electron chi connectivity index (χ3n) is 1.89. The topological polar surface area (TPSA) is 75.3 Å². The van der Waals surface area contributed by atoms with Crippen molar-refractivity contribution >= 4 is 16.9 Å². The van der Waals surface area contributed by atoms with Crippen LogP contribution in [0.15, 0.2) is 12.4 Å². The Hall–Kier alpha value is -0.850. The van der Waals surface area contributed by atoms with E-state index in [2.05, 4.69) is 5.10 Å². The first kappa shape index (κ1) is 12.2. The lowest BCUT2D eigenvalue weighted by atomic mass is 10.1. The van der Waals surface area contributed by atoms with Gasteiger partial charge in [0.05, 0.1) is 12.3 Å². The highest BCUT2D eigenvalue weighted by molar-refractivity contribution is 8.13. The lowest BCUT2D eigenvalue weighted by molar-refractivity contribution is -0.109. The molecule has 0 aromatic carbocycles. The number of hydrogen-bond acceptors (Lipinski definition) is 5. The zero-order valence-electron chi connectivity index (χ0n) is 8.62. The summed E-state index contributed by atoms with van der Waals surface area (Å²) in [6.07, 6.45) is 1.17. The van der Waals surface area contributed by atoms with Crippen LogP contribution in [0.5, 0.6) is 0 Å². The minimum Gasteiger partial charge on any atom is -0.389 e. The molecule has 0 aliphatic rings. The first-order chi connectivity index (χ1) is 7.00. The molecule has 1 aromatic rings. The van der Waals surface area contributed by atoms with Crippen molar-refractivity contribution in [2.24, 2.45) is 7.05 Å². The minimum absolute atomic E-state index is 0.0764. The molecule has 2 N–H and O–H groups in total. The highest BCUT2D eigenvalue weighted by Gasteiger charge is 2.20. The number of carbonyl (C=O) groups is 1. The van der Waals surface area contributed by atoms with Crippen molar-refractivity contribution in [3.8, 4) is 0 Å². The highest BCUT2D eigenvalue weighted by Crippen LogP contribution is 2.19. The molecule has 0 bridgehead atoms. The standard InChI is InChI=1S/C9H14N2O3S/c1-6(12)15-5-8(13)9(14)7-3-10-11(2)4-7/h3-4,8-9,13-14H,5H2,1-2H3. The Morgan fingerprint density at radius 2 is 2.33 bits per heavy atom. The molecule has 1 aromatic heterocycles. The molecule has 0 amide bonds. The van der Waals surface area contributed by atoms with E-state index in [4.69, 9.17) is 0 Å². The Bertz CT molecular complexity index is 340. The fourth-order valence-corrected chi connectivity index (χ4v) is 1.70. The van der Waals surface area contributed by atoms with Crippen LogP contribution < -0.4 is 0 Å². The number of aryl methyl sites for hydroxylation is 1. The number of hydrogen-bond donors (Lipinski definition) is 2. The SMILES string of the molecule is CC(=O)SCC(O)C(O)c1cnn(C)c1. The van der Waals surface area contributed by atoms with Crippen LogP contribution in [0.1, 0.15) is 18.6 Å². The molecule has 0 aliphatic carbocycles. The maximum Gasteiger partial charge on any atom is 0.185 e. The average Bonchev–Trinajstić information content (AvgIpc) is 2.60. The molecule has 15 heavy (non-hydrogen) atoms. The molecule has 5 nitrogen and oxygen atoms in total. The number of aliphatic hydroxyl groups is 2. The fraction of sp³-hybridized carbons (Fsp3) is 0.556. The molecule has 2 atom stereocenters. The summed E-state index contributed by atoms with van der Waals surface area (Å²) in [7, 11) is 1.73. The van der Waals surface area contributed by atoms with Crippen molar-refractivity contribution in [2.75, 3.05) is 5.75 Å². The number of rotatable bonds is 4. The predicted octanol–water partition coefficient (Wildman–Crippen LogP) is 0.0941. The quantitative estimate of drug-likeness (QED) is 0.767. The lowest BCUT2D eigenvalue weighted by Crippen LogP contribution is -2.21. The summed E-state index contributed by atoms with van der Waals surface area (Å²) in [5.41, 5.74) is 0.550. The van der Waals surface area contributed by atoms with Crippen LogP contribution in [-0.2, 0) is 11.8 Å². The molecule has 1 rings (SSSR count). The van der Waals surface area contributed by atoms with Crippen molar-refractivity contribution in [3.05, 3.63) is 18.0 Å². The number of nitrogens with zero attached hydrogens (tertiary/aromatic N) is 2. The van der Waals surface area contributed by atoms with E-state index in [9.17, 15) is 15.0 Å².